The van der Waals surface area contributed by atoms with E-state index in [0.29, 0.717) is 5.75 Å². The second-order valence-corrected chi connectivity index (χ2v) is 6.25. The van der Waals surface area contributed by atoms with Gasteiger partial charge in [0.2, 0.25) is 0 Å². The zero-order valence-corrected chi connectivity index (χ0v) is 16.3. The molecule has 0 heterocycles. The number of methoxy groups -OCH3 is 2. The first-order chi connectivity index (χ1) is 12.9. The van der Waals surface area contributed by atoms with Crippen molar-refractivity contribution in [3.8, 4) is 11.5 Å². The molecule has 0 aliphatic rings. The van der Waals surface area contributed by atoms with Gasteiger partial charge in [-0.25, -0.2) is 4.79 Å². The number of nitrogens with one attached hydrogen (secondary N) is 1. The third-order valence-corrected chi connectivity index (χ3v) is 4.37. The molecule has 1 atom stereocenters. The Morgan fingerprint density at radius 1 is 1.04 bits per heavy atom. The zero-order valence-electron chi connectivity index (χ0n) is 16.3. The zero-order chi connectivity index (χ0) is 20.0. The third-order valence-electron chi connectivity index (χ3n) is 4.37. The fraction of sp³-hybridized carbons (Fsp3) is 0.333. The normalized spacial score (nSPS) is 11.4. The number of amides is 1. The molecule has 0 spiro atoms. The Morgan fingerprint density at radius 2 is 1.78 bits per heavy atom. The summed E-state index contributed by atoms with van der Waals surface area (Å²) in [5.74, 6) is -0.343. The Morgan fingerprint density at radius 3 is 2.41 bits per heavy atom. The second-order valence-electron chi connectivity index (χ2n) is 6.25. The first kappa shape index (κ1) is 20.3. The molecule has 2 aromatic carbocycles. The van der Waals surface area contributed by atoms with Gasteiger partial charge in [-0.15, -0.1) is 0 Å². The number of ether oxygens (including phenoxy) is 3. The predicted molar refractivity (Wildman–Crippen MR) is 102 cm³/mol. The molecular formula is C21H25NO5. The van der Waals surface area contributed by atoms with E-state index in [4.69, 9.17) is 14.2 Å². The highest BCUT2D eigenvalue weighted by Crippen LogP contribution is 2.31. The number of hydrogen-bond acceptors (Lipinski definition) is 5. The van der Waals surface area contributed by atoms with Crippen molar-refractivity contribution in [3.05, 3.63) is 58.7 Å². The Labute approximate surface area is 159 Å². The van der Waals surface area contributed by atoms with Crippen LogP contribution in [0.3, 0.4) is 0 Å². The van der Waals surface area contributed by atoms with Crippen LogP contribution in [0.2, 0.25) is 0 Å². The average molecular weight is 371 g/mol. The fourth-order valence-corrected chi connectivity index (χ4v) is 2.66. The molecule has 2 aromatic rings. The summed E-state index contributed by atoms with van der Waals surface area (Å²) in [5.41, 5.74) is 3.54. The van der Waals surface area contributed by atoms with Crippen molar-refractivity contribution in [3.63, 3.8) is 0 Å². The minimum Gasteiger partial charge on any atom is -0.493 e. The van der Waals surface area contributed by atoms with Crippen molar-refractivity contribution < 1.29 is 23.8 Å². The van der Waals surface area contributed by atoms with E-state index in [0.717, 1.165) is 11.1 Å². The quantitative estimate of drug-likeness (QED) is 0.756. The monoisotopic (exact) mass is 371 g/mol. The van der Waals surface area contributed by atoms with Gasteiger partial charge in [0.25, 0.3) is 5.91 Å². The minimum absolute atomic E-state index is 0.193. The molecule has 2 rings (SSSR count). The molecule has 0 unspecified atom stereocenters. The Bertz CT molecular complexity index is 831. The van der Waals surface area contributed by atoms with Gasteiger partial charge in [-0.05, 0) is 49.6 Å². The van der Waals surface area contributed by atoms with Gasteiger partial charge in [-0.3, -0.25) is 4.79 Å². The van der Waals surface area contributed by atoms with Gasteiger partial charge in [0.15, 0.2) is 18.1 Å². The molecule has 0 radical (unpaired) electrons. The van der Waals surface area contributed by atoms with Crippen LogP contribution in [-0.4, -0.2) is 32.7 Å². The predicted octanol–water partition coefficient (Wildman–Crippen LogP) is 3.35. The van der Waals surface area contributed by atoms with Crippen molar-refractivity contribution in [1.29, 1.82) is 0 Å². The van der Waals surface area contributed by atoms with E-state index in [1.807, 2.05) is 39.0 Å². The van der Waals surface area contributed by atoms with Crippen LogP contribution >= 0.6 is 0 Å². The van der Waals surface area contributed by atoms with E-state index in [9.17, 15) is 9.59 Å². The van der Waals surface area contributed by atoms with Gasteiger partial charge in [0, 0.05) is 0 Å². The molecule has 1 amide bonds. The first-order valence-corrected chi connectivity index (χ1v) is 8.62. The van der Waals surface area contributed by atoms with Crippen LogP contribution in [0.1, 0.15) is 40.0 Å². The van der Waals surface area contributed by atoms with E-state index in [1.165, 1.54) is 19.8 Å². The molecule has 0 saturated carbocycles. The third kappa shape index (κ3) is 5.00. The molecule has 6 nitrogen and oxygen atoms in total. The highest BCUT2D eigenvalue weighted by atomic mass is 16.5. The van der Waals surface area contributed by atoms with Crippen LogP contribution in [0.4, 0.5) is 0 Å². The van der Waals surface area contributed by atoms with Crippen LogP contribution in [0.15, 0.2) is 36.4 Å². The van der Waals surface area contributed by atoms with Gasteiger partial charge in [0.05, 0.1) is 20.3 Å². The van der Waals surface area contributed by atoms with Crippen LogP contribution in [0.5, 0.6) is 11.5 Å². The van der Waals surface area contributed by atoms with Crippen LogP contribution in [0.25, 0.3) is 0 Å². The molecule has 0 aliphatic heterocycles. The van der Waals surface area contributed by atoms with Crippen LogP contribution in [-0.2, 0) is 9.53 Å². The summed E-state index contributed by atoms with van der Waals surface area (Å²) in [6.07, 6.45) is 0. The van der Waals surface area contributed by atoms with Gasteiger partial charge in [-0.1, -0.05) is 24.3 Å². The summed E-state index contributed by atoms with van der Waals surface area (Å²) < 4.78 is 15.5. The maximum atomic E-state index is 12.3. The van der Waals surface area contributed by atoms with E-state index < -0.39 is 5.97 Å². The largest absolute Gasteiger partial charge is 0.493 e. The molecule has 0 bridgehead atoms. The number of benzene rings is 2. The van der Waals surface area contributed by atoms with E-state index in [1.54, 1.807) is 18.2 Å². The van der Waals surface area contributed by atoms with Crippen molar-refractivity contribution in [2.75, 3.05) is 20.8 Å². The minimum atomic E-state index is -0.653. The summed E-state index contributed by atoms with van der Waals surface area (Å²) in [4.78, 5) is 24.4. The van der Waals surface area contributed by atoms with Crippen LogP contribution < -0.4 is 14.8 Å². The second kappa shape index (κ2) is 9.07. The number of carbonyl (C=O) groups excluding carboxylic acids is 2. The molecule has 1 N–H and O–H groups in total. The molecule has 0 saturated heterocycles. The maximum Gasteiger partial charge on any atom is 0.342 e. The van der Waals surface area contributed by atoms with E-state index >= 15 is 0 Å². The van der Waals surface area contributed by atoms with E-state index in [-0.39, 0.29) is 29.9 Å². The van der Waals surface area contributed by atoms with Gasteiger partial charge in [-0.2, -0.15) is 0 Å². The highest BCUT2D eigenvalue weighted by Gasteiger charge is 2.19. The summed E-state index contributed by atoms with van der Waals surface area (Å²) >= 11 is 0. The van der Waals surface area contributed by atoms with E-state index in [2.05, 4.69) is 5.32 Å². The van der Waals surface area contributed by atoms with Crippen LogP contribution in [0, 0.1) is 13.8 Å². The summed E-state index contributed by atoms with van der Waals surface area (Å²) in [5, 5.41) is 2.83. The molecule has 144 valence electrons. The summed E-state index contributed by atoms with van der Waals surface area (Å²) in [6, 6.07) is 10.7. The number of carbonyl (C=O) groups is 2. The highest BCUT2D eigenvalue weighted by molar-refractivity contribution is 5.95. The Balaban J connectivity index is 1.97. The topological polar surface area (TPSA) is 73.9 Å². The van der Waals surface area contributed by atoms with Gasteiger partial charge < -0.3 is 19.5 Å². The summed E-state index contributed by atoms with van der Waals surface area (Å²) in [6.45, 7) is 5.56. The van der Waals surface area contributed by atoms with Crippen molar-refractivity contribution in [1.82, 2.24) is 5.32 Å². The molecule has 0 aliphatic carbocycles. The Hall–Kier alpha value is -3.02. The lowest BCUT2D eigenvalue weighted by molar-refractivity contribution is -0.124. The first-order valence-electron chi connectivity index (χ1n) is 8.62. The fourth-order valence-electron chi connectivity index (χ4n) is 2.66. The Kier molecular flexibility index (Phi) is 6.82. The molecule has 27 heavy (non-hydrogen) atoms. The number of rotatable bonds is 7. The maximum absolute atomic E-state index is 12.3. The lowest BCUT2D eigenvalue weighted by atomic mass is 10.0. The standard InChI is InChI=1S/C21H25NO5/c1-13-9-10-16(11-14(13)2)15(3)22-19(23)12-27-21(24)17-7-6-8-18(25-4)20(17)26-5/h6-11,15H,12H2,1-5H3,(H,22,23)/t15-/m0/s1. The van der Waals surface area contributed by atoms with Crippen molar-refractivity contribution in [2.24, 2.45) is 0 Å². The summed E-state index contributed by atoms with van der Waals surface area (Å²) in [7, 11) is 2.92. The molecule has 0 aromatic heterocycles. The lowest BCUT2D eigenvalue weighted by Crippen LogP contribution is -2.31. The van der Waals surface area contributed by atoms with Crippen molar-refractivity contribution >= 4 is 11.9 Å². The molecular weight excluding hydrogens is 346 g/mol. The molecule has 0 fully saturated rings. The van der Waals surface area contributed by atoms with Gasteiger partial charge in [0.1, 0.15) is 5.56 Å². The number of esters is 1. The van der Waals surface area contributed by atoms with Gasteiger partial charge >= 0.3 is 5.97 Å². The smallest absolute Gasteiger partial charge is 0.342 e. The number of aryl methyl sites for hydroxylation is 2. The number of para-hydroxylation sites is 1. The SMILES string of the molecule is COc1cccc(C(=O)OCC(=O)N[C@@H](C)c2ccc(C)c(C)c2)c1OC. The molecule has 6 heteroatoms. The average Bonchev–Trinajstić information content (AvgIpc) is 2.67. The lowest BCUT2D eigenvalue weighted by Gasteiger charge is -2.16. The number of hydrogen-bond donors (Lipinski definition) is 1. The van der Waals surface area contributed by atoms with Crippen molar-refractivity contribution in [2.45, 2.75) is 26.8 Å².